The molecule has 1 aliphatic rings. The third-order valence-corrected chi connectivity index (χ3v) is 5.98. The zero-order valence-electron chi connectivity index (χ0n) is 16.7. The van der Waals surface area contributed by atoms with Crippen molar-refractivity contribution in [3.8, 4) is 0 Å². The van der Waals surface area contributed by atoms with Crippen LogP contribution in [0.25, 0.3) is 0 Å². The van der Waals surface area contributed by atoms with E-state index in [4.69, 9.17) is 12.2 Å². The Morgan fingerprint density at radius 3 is 1.81 bits per heavy atom. The van der Waals surface area contributed by atoms with Crippen LogP contribution >= 0.6 is 12.2 Å². The van der Waals surface area contributed by atoms with Gasteiger partial charge in [0.05, 0.1) is 26.9 Å². The van der Waals surface area contributed by atoms with E-state index in [1.54, 1.807) is 6.92 Å². The zero-order valence-corrected chi connectivity index (χ0v) is 23.1. The van der Waals surface area contributed by atoms with E-state index in [1.165, 1.54) is 29.3 Å². The largest absolute Gasteiger partial charge is 1.00 e. The summed E-state index contributed by atoms with van der Waals surface area (Å²) in [5, 5.41) is 13.8. The van der Waals surface area contributed by atoms with Crippen LogP contribution in [0, 0.1) is 0 Å². The molecule has 1 unspecified atom stereocenters. The maximum absolute atomic E-state index is 11.0. The molecular weight excluding hydrogens is 486 g/mol. The third kappa shape index (κ3) is 6.95. The molecule has 0 spiro atoms. The average Bonchev–Trinajstić information content (AvgIpc) is 2.93. The first kappa shape index (κ1) is 28.5. The molecule has 0 saturated carbocycles. The van der Waals surface area contributed by atoms with Crippen LogP contribution in [0.3, 0.4) is 0 Å². The number of anilines is 1. The molecule has 0 fully saturated rings. The first-order chi connectivity index (χ1) is 13.5. The molecule has 0 amide bonds. The SMILES string of the molecule is CC1=NN(c2ccc(S(=O)(=O)[O-])cc2)C(=S)C1N=Nc1ccc(S(=O)(=O)[O-])cc1.[Na+].[Na+]. The van der Waals surface area contributed by atoms with Crippen LogP contribution in [0.15, 0.2) is 73.7 Å². The average molecular weight is 498 g/mol. The van der Waals surface area contributed by atoms with Crippen LogP contribution in [0.2, 0.25) is 0 Å². The monoisotopic (exact) mass is 498 g/mol. The molecule has 0 aromatic heterocycles. The summed E-state index contributed by atoms with van der Waals surface area (Å²) in [6, 6.07) is 9.36. The second-order valence-electron chi connectivity index (χ2n) is 5.91. The Labute approximate surface area is 228 Å². The van der Waals surface area contributed by atoms with Gasteiger partial charge < -0.3 is 9.11 Å². The predicted octanol–water partition coefficient (Wildman–Crippen LogP) is -3.82. The quantitative estimate of drug-likeness (QED) is 0.176. The van der Waals surface area contributed by atoms with Crippen molar-refractivity contribution in [2.75, 3.05) is 5.01 Å². The Morgan fingerprint density at radius 2 is 1.35 bits per heavy atom. The van der Waals surface area contributed by atoms with E-state index < -0.39 is 26.3 Å². The number of azo groups is 1. The summed E-state index contributed by atoms with van der Waals surface area (Å²) in [6.07, 6.45) is 0. The van der Waals surface area contributed by atoms with Gasteiger partial charge in [-0.05, 0) is 55.5 Å². The summed E-state index contributed by atoms with van der Waals surface area (Å²) in [7, 11) is -9.10. The standard InChI is InChI=1S/C16H14N4O6S3.2Na/c1-10-15(18-17-11-2-6-13(7-3-11)28(21,22)23)16(27)20(19-10)12-4-8-14(9-5-12)29(24,25)26;;/h2-9,15H,1H3,(H,21,22,23)(H,24,25,26);;/q;2*+1/p-2. The van der Waals surface area contributed by atoms with Gasteiger partial charge in [0.2, 0.25) is 0 Å². The van der Waals surface area contributed by atoms with E-state index in [0.29, 0.717) is 17.1 Å². The molecular formula is C16H12N4Na2O6S3. The molecule has 15 heteroatoms. The first-order valence-corrected chi connectivity index (χ1v) is 11.1. The third-order valence-electron chi connectivity index (χ3n) is 3.88. The fourth-order valence-corrected chi connectivity index (χ4v) is 3.73. The van der Waals surface area contributed by atoms with Crippen molar-refractivity contribution in [2.45, 2.75) is 22.8 Å². The Bertz CT molecular complexity index is 1230. The summed E-state index contributed by atoms with van der Waals surface area (Å²) in [5.41, 5.74) is 1.29. The van der Waals surface area contributed by atoms with Crippen LogP contribution in [0.1, 0.15) is 6.92 Å². The van der Waals surface area contributed by atoms with Gasteiger partial charge in [0.25, 0.3) is 0 Å². The summed E-state index contributed by atoms with van der Waals surface area (Å²) in [4.78, 5) is -0.463. The molecule has 2 aromatic rings. The number of hydrogen-bond acceptors (Lipinski definition) is 10. The van der Waals surface area contributed by atoms with Crippen LogP contribution < -0.4 is 64.1 Å². The Hall–Kier alpha value is -0.580. The minimum absolute atomic E-state index is 0. The molecule has 0 aliphatic carbocycles. The van der Waals surface area contributed by atoms with Gasteiger partial charge in [-0.2, -0.15) is 15.3 Å². The van der Waals surface area contributed by atoms with E-state index in [2.05, 4.69) is 15.3 Å². The Kier molecular flexibility index (Phi) is 10.1. The summed E-state index contributed by atoms with van der Waals surface area (Å²) < 4.78 is 65.9. The smallest absolute Gasteiger partial charge is 0.744 e. The maximum atomic E-state index is 11.0. The van der Waals surface area contributed by atoms with Gasteiger partial charge in [-0.3, -0.25) is 0 Å². The van der Waals surface area contributed by atoms with Gasteiger partial charge in [0, 0.05) is 0 Å². The van der Waals surface area contributed by atoms with Crippen LogP contribution in [0.5, 0.6) is 0 Å². The van der Waals surface area contributed by atoms with Crippen molar-refractivity contribution in [2.24, 2.45) is 15.3 Å². The van der Waals surface area contributed by atoms with Gasteiger partial charge in [0.15, 0.2) is 6.04 Å². The van der Waals surface area contributed by atoms with E-state index in [-0.39, 0.29) is 73.9 Å². The number of hydrogen-bond donors (Lipinski definition) is 0. The molecule has 1 heterocycles. The fourth-order valence-electron chi connectivity index (χ4n) is 2.43. The van der Waals surface area contributed by atoms with Crippen molar-refractivity contribution in [3.05, 3.63) is 48.5 Å². The molecule has 0 saturated heterocycles. The minimum atomic E-state index is -4.56. The second-order valence-corrected chi connectivity index (χ2v) is 9.08. The molecule has 31 heavy (non-hydrogen) atoms. The van der Waals surface area contributed by atoms with Crippen molar-refractivity contribution in [3.63, 3.8) is 0 Å². The van der Waals surface area contributed by atoms with E-state index in [9.17, 15) is 25.9 Å². The van der Waals surface area contributed by atoms with Crippen molar-refractivity contribution < 1.29 is 85.1 Å². The van der Waals surface area contributed by atoms with Crippen molar-refractivity contribution in [1.82, 2.24) is 0 Å². The molecule has 0 radical (unpaired) electrons. The van der Waals surface area contributed by atoms with Crippen LogP contribution in [-0.2, 0) is 20.2 Å². The molecule has 0 bridgehead atoms. The number of thiocarbonyl (C=S) groups is 1. The summed E-state index contributed by atoms with van der Waals surface area (Å²) in [5.74, 6) is 0. The normalized spacial score (nSPS) is 16.6. The van der Waals surface area contributed by atoms with Gasteiger partial charge in [0.1, 0.15) is 25.2 Å². The molecule has 0 N–H and O–H groups in total. The topological polar surface area (TPSA) is 155 Å². The van der Waals surface area contributed by atoms with E-state index in [0.717, 1.165) is 24.3 Å². The number of hydrazone groups is 1. The molecule has 1 aliphatic heterocycles. The number of nitrogens with zero attached hydrogens (tertiary/aromatic N) is 4. The summed E-state index contributed by atoms with van der Waals surface area (Å²) in [6.45, 7) is 1.68. The maximum Gasteiger partial charge on any atom is 1.00 e. The van der Waals surface area contributed by atoms with Gasteiger partial charge in [-0.15, -0.1) is 0 Å². The Balaban J connectivity index is 0.00000240. The predicted molar refractivity (Wildman–Crippen MR) is 105 cm³/mol. The van der Waals surface area contributed by atoms with Crippen LogP contribution in [-0.4, -0.2) is 42.7 Å². The van der Waals surface area contributed by atoms with Gasteiger partial charge in [-0.25, -0.2) is 21.8 Å². The molecule has 2 aromatic carbocycles. The van der Waals surface area contributed by atoms with Gasteiger partial charge in [-0.1, -0.05) is 12.2 Å². The minimum Gasteiger partial charge on any atom is -0.744 e. The number of benzene rings is 2. The number of rotatable bonds is 5. The Morgan fingerprint density at radius 1 is 0.903 bits per heavy atom. The fraction of sp³-hybridized carbons (Fsp3) is 0.125. The van der Waals surface area contributed by atoms with Gasteiger partial charge >= 0.3 is 59.1 Å². The van der Waals surface area contributed by atoms with E-state index >= 15 is 0 Å². The zero-order chi connectivity index (χ0) is 21.4. The van der Waals surface area contributed by atoms with Crippen molar-refractivity contribution in [1.29, 1.82) is 0 Å². The van der Waals surface area contributed by atoms with Crippen LogP contribution in [0.4, 0.5) is 11.4 Å². The molecule has 152 valence electrons. The molecule has 3 rings (SSSR count). The van der Waals surface area contributed by atoms with Crippen molar-refractivity contribution >= 4 is 54.5 Å². The summed E-state index contributed by atoms with van der Waals surface area (Å²) >= 11 is 5.37. The van der Waals surface area contributed by atoms with E-state index in [1.807, 2.05) is 0 Å². The molecule has 10 nitrogen and oxygen atoms in total. The molecule has 1 atom stereocenters. The second kappa shape index (κ2) is 11.0. The first-order valence-electron chi connectivity index (χ1n) is 7.89.